The predicted molar refractivity (Wildman–Crippen MR) is 78.7 cm³/mol. The van der Waals surface area contributed by atoms with E-state index >= 15 is 0 Å². The third-order valence-electron chi connectivity index (χ3n) is 2.83. The largest absolute Gasteiger partial charge is 0.481 e. The van der Waals surface area contributed by atoms with Gasteiger partial charge in [-0.15, -0.1) is 11.3 Å². The quantitative estimate of drug-likeness (QED) is 0.840. The van der Waals surface area contributed by atoms with Gasteiger partial charge in [0.25, 0.3) is 0 Å². The van der Waals surface area contributed by atoms with Crippen molar-refractivity contribution in [3.8, 4) is 0 Å². The first-order valence-corrected chi connectivity index (χ1v) is 8.38. The molecule has 2 aromatic heterocycles. The van der Waals surface area contributed by atoms with Crippen molar-refractivity contribution >= 4 is 27.3 Å². The minimum atomic E-state index is -3.64. The second-order valence-corrected chi connectivity index (χ2v) is 7.58. The molecule has 0 bridgehead atoms. The van der Waals surface area contributed by atoms with Gasteiger partial charge in [0.05, 0.1) is 6.42 Å². The van der Waals surface area contributed by atoms with Crippen LogP contribution in [0.2, 0.25) is 0 Å². The number of sulfonamides is 1. The van der Waals surface area contributed by atoms with Crippen LogP contribution in [0.1, 0.15) is 16.0 Å². The molecule has 8 heteroatoms. The Morgan fingerprint density at radius 2 is 2.14 bits per heavy atom. The molecule has 21 heavy (non-hydrogen) atoms. The van der Waals surface area contributed by atoms with Crippen LogP contribution in [0.3, 0.4) is 0 Å². The smallest absolute Gasteiger partial charge is 0.308 e. The van der Waals surface area contributed by atoms with Gasteiger partial charge in [-0.2, -0.15) is 0 Å². The van der Waals surface area contributed by atoms with Gasteiger partial charge in [0, 0.05) is 23.8 Å². The first kappa shape index (κ1) is 15.6. The summed E-state index contributed by atoms with van der Waals surface area (Å²) in [5.74, 6) is -0.986. The molecule has 112 valence electrons. The number of aliphatic carboxylic acids is 1. The number of aromatic nitrogens is 1. The molecule has 0 aliphatic carbocycles. The average Bonchev–Trinajstić information content (AvgIpc) is 2.86. The molecule has 0 aliphatic rings. The topological polar surface area (TPSA) is 96.4 Å². The highest BCUT2D eigenvalue weighted by Crippen LogP contribution is 2.22. The summed E-state index contributed by atoms with van der Waals surface area (Å²) in [4.78, 5) is 15.1. The van der Waals surface area contributed by atoms with Crippen LogP contribution in [0.5, 0.6) is 0 Å². The number of carboxylic acids is 1. The first-order chi connectivity index (χ1) is 9.88. The van der Waals surface area contributed by atoms with Gasteiger partial charge in [0.2, 0.25) is 10.0 Å². The van der Waals surface area contributed by atoms with Crippen LogP contribution < -0.4 is 4.72 Å². The zero-order valence-corrected chi connectivity index (χ0v) is 12.9. The summed E-state index contributed by atoms with van der Waals surface area (Å²) in [6.07, 6.45) is 3.08. The lowest BCUT2D eigenvalue weighted by atomic mass is 10.2. The molecule has 0 amide bonds. The van der Waals surface area contributed by atoms with Gasteiger partial charge < -0.3 is 5.11 Å². The van der Waals surface area contributed by atoms with E-state index in [1.165, 1.54) is 12.1 Å². The number of rotatable bonds is 6. The zero-order valence-electron chi connectivity index (χ0n) is 11.2. The van der Waals surface area contributed by atoms with Gasteiger partial charge in [-0.1, -0.05) is 0 Å². The fourth-order valence-corrected chi connectivity index (χ4v) is 4.07. The van der Waals surface area contributed by atoms with Crippen LogP contribution >= 0.6 is 11.3 Å². The lowest BCUT2D eigenvalue weighted by Crippen LogP contribution is -2.22. The van der Waals surface area contributed by atoms with E-state index < -0.39 is 16.0 Å². The van der Waals surface area contributed by atoms with E-state index in [1.54, 1.807) is 18.5 Å². The van der Waals surface area contributed by atoms with E-state index in [4.69, 9.17) is 5.11 Å². The number of nitrogens with zero attached hydrogens (tertiary/aromatic N) is 1. The molecule has 0 aliphatic heterocycles. The predicted octanol–water partition coefficient (Wildman–Crippen LogP) is 1.56. The van der Waals surface area contributed by atoms with E-state index in [0.717, 1.165) is 22.5 Å². The number of pyridine rings is 1. The summed E-state index contributed by atoms with van der Waals surface area (Å²) in [6, 6.07) is 4.74. The molecule has 0 atom stereocenters. The van der Waals surface area contributed by atoms with Crippen molar-refractivity contribution in [2.45, 2.75) is 24.1 Å². The number of nitrogens with one attached hydrogen (secondary N) is 1. The minimum absolute atomic E-state index is 0.111. The summed E-state index contributed by atoms with van der Waals surface area (Å²) < 4.78 is 26.9. The maximum absolute atomic E-state index is 12.1. The molecular weight excluding hydrogens is 312 g/mol. The second kappa shape index (κ2) is 6.33. The number of carbonyl (C=O) groups is 1. The van der Waals surface area contributed by atoms with E-state index in [9.17, 15) is 13.2 Å². The van der Waals surface area contributed by atoms with Crippen LogP contribution in [0, 0.1) is 6.92 Å². The Morgan fingerprint density at radius 1 is 1.38 bits per heavy atom. The van der Waals surface area contributed by atoms with Crippen LogP contribution in [-0.4, -0.2) is 24.5 Å². The molecule has 0 saturated carbocycles. The third-order valence-corrected chi connectivity index (χ3v) is 5.81. The number of hydrogen-bond acceptors (Lipinski definition) is 5. The number of aryl methyl sites for hydroxylation is 1. The standard InChI is InChI=1S/C13H14N2O4S2/c1-9-4-5-14-7-10(9)8-15-21(18,19)13-3-2-11(20-13)6-12(16)17/h2-5,7,15H,6,8H2,1H3,(H,16,17). The van der Waals surface area contributed by atoms with Gasteiger partial charge in [0.1, 0.15) is 4.21 Å². The van der Waals surface area contributed by atoms with Gasteiger partial charge in [-0.3, -0.25) is 9.78 Å². The van der Waals surface area contributed by atoms with Crippen molar-refractivity contribution in [1.82, 2.24) is 9.71 Å². The lowest BCUT2D eigenvalue weighted by molar-refractivity contribution is -0.136. The zero-order chi connectivity index (χ0) is 15.5. The Morgan fingerprint density at radius 3 is 2.81 bits per heavy atom. The Kier molecular flexibility index (Phi) is 4.71. The fraction of sp³-hybridized carbons (Fsp3) is 0.231. The van der Waals surface area contributed by atoms with Gasteiger partial charge in [0.15, 0.2) is 0 Å². The molecule has 0 aromatic carbocycles. The Hall–Kier alpha value is -1.77. The van der Waals surface area contributed by atoms with E-state index in [2.05, 4.69) is 9.71 Å². The lowest BCUT2D eigenvalue weighted by Gasteiger charge is -2.06. The van der Waals surface area contributed by atoms with Crippen molar-refractivity contribution in [3.63, 3.8) is 0 Å². The Bertz CT molecular complexity index is 753. The summed E-state index contributed by atoms with van der Waals surface area (Å²) >= 11 is 0.961. The molecule has 0 unspecified atom stereocenters. The molecular formula is C13H14N2O4S2. The highest BCUT2D eigenvalue weighted by Gasteiger charge is 2.17. The van der Waals surface area contributed by atoms with Gasteiger partial charge in [-0.25, -0.2) is 13.1 Å². The summed E-state index contributed by atoms with van der Waals surface area (Å²) in [7, 11) is -3.64. The Balaban J connectivity index is 2.10. The van der Waals surface area contributed by atoms with Crippen LogP contribution in [-0.2, 0) is 27.8 Å². The highest BCUT2D eigenvalue weighted by molar-refractivity contribution is 7.91. The average molecular weight is 326 g/mol. The number of hydrogen-bond donors (Lipinski definition) is 2. The summed E-state index contributed by atoms with van der Waals surface area (Å²) in [5, 5.41) is 8.70. The summed E-state index contributed by atoms with van der Waals surface area (Å²) in [6.45, 7) is 2.02. The molecule has 0 spiro atoms. The van der Waals surface area contributed by atoms with Gasteiger partial charge in [-0.05, 0) is 36.2 Å². The number of thiophene rings is 1. The van der Waals surface area contributed by atoms with Crippen LogP contribution in [0.4, 0.5) is 0 Å². The van der Waals surface area contributed by atoms with Crippen molar-refractivity contribution in [2.24, 2.45) is 0 Å². The maximum Gasteiger partial charge on any atom is 0.308 e. The molecule has 2 rings (SSSR count). The highest BCUT2D eigenvalue weighted by atomic mass is 32.2. The van der Waals surface area contributed by atoms with Crippen LogP contribution in [0.25, 0.3) is 0 Å². The second-order valence-electron chi connectivity index (χ2n) is 4.42. The maximum atomic E-state index is 12.1. The fourth-order valence-electron chi connectivity index (χ4n) is 1.67. The van der Waals surface area contributed by atoms with Gasteiger partial charge >= 0.3 is 5.97 Å². The van der Waals surface area contributed by atoms with E-state index in [1.807, 2.05) is 6.92 Å². The van der Waals surface area contributed by atoms with Crippen molar-refractivity contribution < 1.29 is 18.3 Å². The minimum Gasteiger partial charge on any atom is -0.481 e. The first-order valence-electron chi connectivity index (χ1n) is 6.08. The molecule has 6 nitrogen and oxygen atoms in total. The third kappa shape index (κ3) is 4.10. The van der Waals surface area contributed by atoms with Crippen LogP contribution in [0.15, 0.2) is 34.8 Å². The van der Waals surface area contributed by atoms with E-state index in [0.29, 0.717) is 4.88 Å². The summed E-state index contributed by atoms with van der Waals surface area (Å²) in [5.41, 5.74) is 1.74. The van der Waals surface area contributed by atoms with Crippen molar-refractivity contribution in [3.05, 3.63) is 46.6 Å². The molecule has 0 radical (unpaired) electrons. The molecule has 2 heterocycles. The number of carboxylic acid groups (broad SMARTS) is 1. The van der Waals surface area contributed by atoms with E-state index in [-0.39, 0.29) is 17.2 Å². The molecule has 2 N–H and O–H groups in total. The Labute approximate surface area is 126 Å². The molecule has 0 saturated heterocycles. The normalized spacial score (nSPS) is 11.5. The molecule has 2 aromatic rings. The molecule has 0 fully saturated rings. The van der Waals surface area contributed by atoms with Crippen molar-refractivity contribution in [2.75, 3.05) is 0 Å². The monoisotopic (exact) mass is 326 g/mol. The van der Waals surface area contributed by atoms with Crippen molar-refractivity contribution in [1.29, 1.82) is 0 Å². The SMILES string of the molecule is Cc1ccncc1CNS(=O)(=O)c1ccc(CC(=O)O)s1.